The van der Waals surface area contributed by atoms with Crippen molar-refractivity contribution in [3.05, 3.63) is 35.9 Å². The third-order valence-electron chi connectivity index (χ3n) is 2.98. The van der Waals surface area contributed by atoms with Gasteiger partial charge in [0.25, 0.3) is 14.1 Å². The van der Waals surface area contributed by atoms with Crippen molar-refractivity contribution in [2.75, 3.05) is 0 Å². The van der Waals surface area contributed by atoms with Gasteiger partial charge in [0.2, 0.25) is 0 Å². The predicted molar refractivity (Wildman–Crippen MR) is 73.0 cm³/mol. The molecule has 84 valence electrons. The van der Waals surface area contributed by atoms with Crippen LogP contribution in [0.1, 0.15) is 33.3 Å². The van der Waals surface area contributed by atoms with Crippen molar-refractivity contribution in [2.24, 2.45) is 0 Å². The van der Waals surface area contributed by atoms with Gasteiger partial charge in [-0.1, -0.05) is 73.9 Å². The average molecular weight is 220 g/mol. The molecule has 0 radical (unpaired) electrons. The molecule has 0 heterocycles. The number of hydrogen-bond acceptors (Lipinski definition) is 0. The summed E-state index contributed by atoms with van der Waals surface area (Å²) in [6.07, 6.45) is 1.14. The lowest BCUT2D eigenvalue weighted by atomic mass is 10.2. The quantitative estimate of drug-likeness (QED) is 0.640. The molecule has 0 aliphatic rings. The normalized spacial score (nSPS) is 9.07. The lowest BCUT2D eigenvalue weighted by molar-refractivity contribution is 1.14. The molecular weight excluding hydrogens is 195 g/mol. The van der Waals surface area contributed by atoms with E-state index in [1.54, 1.807) is 0 Å². The van der Waals surface area contributed by atoms with Crippen LogP contribution >= 0.6 is 0 Å². The van der Waals surface area contributed by atoms with Gasteiger partial charge in [-0.3, -0.25) is 0 Å². The fourth-order valence-electron chi connectivity index (χ4n) is 1.58. The van der Waals surface area contributed by atoms with Crippen LogP contribution in [0.3, 0.4) is 0 Å². The molecule has 1 aromatic rings. The molecule has 1 rings (SSSR count). The van der Waals surface area contributed by atoms with Gasteiger partial charge in [-0.2, -0.15) is 0 Å². The molecule has 0 atom stereocenters. The Morgan fingerprint density at radius 3 is 1.47 bits per heavy atom. The minimum atomic E-state index is -0.171. The maximum Gasteiger partial charge on any atom is 0.261 e. The summed E-state index contributed by atoms with van der Waals surface area (Å²) in [5, 5.41) is 4.48. The zero-order valence-corrected chi connectivity index (χ0v) is 11.9. The van der Waals surface area contributed by atoms with E-state index in [1.165, 1.54) is 21.4 Å². The van der Waals surface area contributed by atoms with Crippen molar-refractivity contribution >= 4 is 14.1 Å². The maximum atomic E-state index is 2.32. The SMILES string of the molecule is CCc1ccccc1.C[CH2][Al]([CH2]C)[CH2]C. The maximum absolute atomic E-state index is 2.32. The van der Waals surface area contributed by atoms with E-state index in [-0.39, 0.29) is 14.1 Å². The molecule has 0 bridgehead atoms. The van der Waals surface area contributed by atoms with Crippen LogP contribution in [0.4, 0.5) is 0 Å². The van der Waals surface area contributed by atoms with Gasteiger partial charge in [-0.25, -0.2) is 0 Å². The van der Waals surface area contributed by atoms with E-state index in [2.05, 4.69) is 52.0 Å². The summed E-state index contributed by atoms with van der Waals surface area (Å²) in [5.74, 6) is 0. The molecule has 0 saturated carbocycles. The Bertz CT molecular complexity index is 209. The van der Waals surface area contributed by atoms with Crippen LogP contribution in [0.2, 0.25) is 15.8 Å². The van der Waals surface area contributed by atoms with Crippen LogP contribution in [0.15, 0.2) is 30.3 Å². The average Bonchev–Trinajstić information content (AvgIpc) is 2.33. The standard InChI is InChI=1S/C8H10.3C2H5.Al/c1-2-8-6-4-3-5-7-8;3*1-2;/h3-7H,2H2,1H3;3*1H2,2H3;. The third-order valence-corrected chi connectivity index (χ3v) is 6.45. The summed E-state index contributed by atoms with van der Waals surface area (Å²) >= 11 is -0.171. The zero-order chi connectivity index (χ0) is 11.5. The molecule has 0 N–H and O–H groups in total. The lowest BCUT2D eigenvalue weighted by Gasteiger charge is -1.97. The molecule has 0 saturated heterocycles. The Morgan fingerprint density at radius 2 is 1.27 bits per heavy atom. The monoisotopic (exact) mass is 220 g/mol. The van der Waals surface area contributed by atoms with Gasteiger partial charge in [-0.15, -0.1) is 0 Å². The summed E-state index contributed by atoms with van der Waals surface area (Å²) in [6, 6.07) is 10.5. The number of rotatable bonds is 4. The molecule has 1 heteroatoms. The second-order valence-electron chi connectivity index (χ2n) is 3.93. The van der Waals surface area contributed by atoms with E-state index < -0.39 is 0 Å². The molecule has 0 nitrogen and oxygen atoms in total. The molecule has 0 fully saturated rings. The summed E-state index contributed by atoms with van der Waals surface area (Å²) in [6.45, 7) is 9.13. The van der Waals surface area contributed by atoms with Gasteiger partial charge in [0.1, 0.15) is 0 Å². The van der Waals surface area contributed by atoms with E-state index >= 15 is 0 Å². The van der Waals surface area contributed by atoms with Crippen LogP contribution in [0.5, 0.6) is 0 Å². The first-order chi connectivity index (χ1) is 7.28. The third kappa shape index (κ3) is 7.65. The summed E-state index contributed by atoms with van der Waals surface area (Å²) in [4.78, 5) is 0. The largest absolute Gasteiger partial charge is 0.261 e. The zero-order valence-electron chi connectivity index (χ0n) is 10.8. The highest BCUT2D eigenvalue weighted by atomic mass is 27.2. The second kappa shape index (κ2) is 10.3. The van der Waals surface area contributed by atoms with Crippen LogP contribution < -0.4 is 0 Å². The highest BCUT2D eigenvalue weighted by Crippen LogP contribution is 2.01. The molecule has 15 heavy (non-hydrogen) atoms. The van der Waals surface area contributed by atoms with Crippen LogP contribution in [-0.4, -0.2) is 14.1 Å². The van der Waals surface area contributed by atoms with Crippen molar-refractivity contribution < 1.29 is 0 Å². The Balaban J connectivity index is 0.000000265. The van der Waals surface area contributed by atoms with Gasteiger partial charge in [-0.05, 0) is 12.0 Å². The Labute approximate surface area is 100 Å². The molecular formula is C14H25Al. The first-order valence-corrected chi connectivity index (χ1v) is 8.77. The topological polar surface area (TPSA) is 0 Å². The van der Waals surface area contributed by atoms with Crippen LogP contribution in [0, 0.1) is 0 Å². The first-order valence-electron chi connectivity index (χ1n) is 6.32. The van der Waals surface area contributed by atoms with E-state index in [0.29, 0.717) is 0 Å². The summed E-state index contributed by atoms with van der Waals surface area (Å²) in [7, 11) is 0. The van der Waals surface area contributed by atoms with E-state index in [4.69, 9.17) is 0 Å². The highest BCUT2D eigenvalue weighted by Gasteiger charge is 2.05. The fourth-order valence-corrected chi connectivity index (χ4v) is 3.31. The van der Waals surface area contributed by atoms with Crippen molar-refractivity contribution in [3.63, 3.8) is 0 Å². The highest BCUT2D eigenvalue weighted by molar-refractivity contribution is 6.58. The van der Waals surface area contributed by atoms with Gasteiger partial charge >= 0.3 is 0 Å². The minimum absolute atomic E-state index is 0.171. The summed E-state index contributed by atoms with van der Waals surface area (Å²) in [5.41, 5.74) is 1.41. The van der Waals surface area contributed by atoms with Crippen LogP contribution in [-0.2, 0) is 6.42 Å². The number of benzene rings is 1. The minimum Gasteiger partial charge on any atom is -0.0967 e. The van der Waals surface area contributed by atoms with Gasteiger partial charge < -0.3 is 0 Å². The number of hydrogen-bond donors (Lipinski definition) is 0. The smallest absolute Gasteiger partial charge is 0.0967 e. The van der Waals surface area contributed by atoms with Crippen molar-refractivity contribution in [2.45, 2.75) is 50.0 Å². The van der Waals surface area contributed by atoms with Crippen molar-refractivity contribution in [3.8, 4) is 0 Å². The Morgan fingerprint density at radius 1 is 0.800 bits per heavy atom. The molecule has 0 aliphatic heterocycles. The molecule has 0 amide bonds. The molecule has 1 aromatic carbocycles. The van der Waals surface area contributed by atoms with Gasteiger partial charge in [0, 0.05) is 0 Å². The summed E-state index contributed by atoms with van der Waals surface area (Å²) < 4.78 is 0. The number of aryl methyl sites for hydroxylation is 1. The van der Waals surface area contributed by atoms with E-state index in [9.17, 15) is 0 Å². The molecule has 0 unspecified atom stereocenters. The molecule has 0 aromatic heterocycles. The van der Waals surface area contributed by atoms with E-state index in [0.717, 1.165) is 6.42 Å². The van der Waals surface area contributed by atoms with Crippen molar-refractivity contribution in [1.82, 2.24) is 0 Å². The second-order valence-corrected chi connectivity index (χ2v) is 8.11. The first kappa shape index (κ1) is 14.8. The molecule has 0 spiro atoms. The fraction of sp³-hybridized carbons (Fsp3) is 0.571. The Kier molecular flexibility index (Phi) is 10.1. The predicted octanol–water partition coefficient (Wildman–Crippen LogP) is 4.79. The van der Waals surface area contributed by atoms with Crippen molar-refractivity contribution in [1.29, 1.82) is 0 Å². The van der Waals surface area contributed by atoms with E-state index in [1.807, 2.05) is 6.07 Å². The lowest BCUT2D eigenvalue weighted by Crippen LogP contribution is -2.04. The van der Waals surface area contributed by atoms with Gasteiger partial charge in [0.15, 0.2) is 0 Å². The van der Waals surface area contributed by atoms with Gasteiger partial charge in [0.05, 0.1) is 0 Å². The van der Waals surface area contributed by atoms with Crippen LogP contribution in [0.25, 0.3) is 0 Å². The molecule has 0 aliphatic carbocycles. The Hall–Kier alpha value is -0.248.